The van der Waals surface area contributed by atoms with Crippen molar-refractivity contribution in [2.75, 3.05) is 20.8 Å². The van der Waals surface area contributed by atoms with Gasteiger partial charge in [-0.2, -0.15) is 0 Å². The Morgan fingerprint density at radius 2 is 2.08 bits per heavy atom. The van der Waals surface area contributed by atoms with E-state index in [1.807, 2.05) is 0 Å². The maximum atomic E-state index is 12.2. The predicted octanol–water partition coefficient (Wildman–Crippen LogP) is 0.669. The number of nitrogens with one attached hydrogen (secondary N) is 1. The van der Waals surface area contributed by atoms with Gasteiger partial charge in [-0.25, -0.2) is 9.69 Å². The summed E-state index contributed by atoms with van der Waals surface area (Å²) in [5.74, 6) is -1.23. The number of hydrogen-bond acceptors (Lipinski definition) is 7. The van der Waals surface area contributed by atoms with Crippen LogP contribution in [-0.4, -0.2) is 48.5 Å². The lowest BCUT2D eigenvalue weighted by atomic mass is 10.1. The highest BCUT2D eigenvalue weighted by atomic mass is 16.6. The highest BCUT2D eigenvalue weighted by Gasteiger charge is 2.35. The third-order valence-corrected chi connectivity index (χ3v) is 3.20. The molecule has 126 valence electrons. The summed E-state index contributed by atoms with van der Waals surface area (Å²) >= 11 is 0. The molecule has 1 aromatic rings. The van der Waals surface area contributed by atoms with E-state index in [2.05, 4.69) is 10.1 Å². The minimum absolute atomic E-state index is 0.136. The number of nitro groups is 1. The molecule has 0 spiro atoms. The minimum atomic E-state index is -0.791. The summed E-state index contributed by atoms with van der Waals surface area (Å²) in [6, 6.07) is 3.03. The average molecular weight is 335 g/mol. The second-order valence-electron chi connectivity index (χ2n) is 4.64. The van der Waals surface area contributed by atoms with E-state index in [9.17, 15) is 24.5 Å². The number of ether oxygens (including phenoxy) is 2. The molecule has 0 aliphatic carbocycles. The second-order valence-corrected chi connectivity index (χ2v) is 4.64. The third-order valence-electron chi connectivity index (χ3n) is 3.20. The van der Waals surface area contributed by atoms with Gasteiger partial charge in [-0.05, 0) is 12.1 Å². The normalized spacial score (nSPS) is 15.4. The molecule has 0 unspecified atom stereocenters. The van der Waals surface area contributed by atoms with Crippen LogP contribution in [0.2, 0.25) is 0 Å². The summed E-state index contributed by atoms with van der Waals surface area (Å²) in [5, 5.41) is 13.2. The van der Waals surface area contributed by atoms with Gasteiger partial charge in [-0.15, -0.1) is 0 Å². The standard InChI is InChI=1S/C14H13N3O7/c1-23-11-4-3-9(17(21)22)5-8(11)6-10-13(19)16(14(20)15-10)7-12(18)24-2/h3-6H,7H2,1-2H3,(H,15,20). The zero-order valence-electron chi connectivity index (χ0n) is 12.8. The van der Waals surface area contributed by atoms with Gasteiger partial charge in [0.15, 0.2) is 0 Å². The average Bonchev–Trinajstić information content (AvgIpc) is 2.82. The van der Waals surface area contributed by atoms with Crippen molar-refractivity contribution >= 4 is 29.7 Å². The van der Waals surface area contributed by atoms with Crippen molar-refractivity contribution < 1.29 is 28.8 Å². The fraction of sp³-hybridized carbons (Fsp3) is 0.214. The smallest absolute Gasteiger partial charge is 0.329 e. The van der Waals surface area contributed by atoms with Crippen LogP contribution < -0.4 is 10.1 Å². The molecule has 0 atom stereocenters. The van der Waals surface area contributed by atoms with E-state index < -0.39 is 29.4 Å². The quantitative estimate of drug-likeness (QED) is 0.275. The first kappa shape index (κ1) is 16.9. The summed E-state index contributed by atoms with van der Waals surface area (Å²) in [4.78, 5) is 46.1. The van der Waals surface area contributed by atoms with Gasteiger partial charge < -0.3 is 14.8 Å². The third kappa shape index (κ3) is 3.32. The Kier molecular flexibility index (Phi) is 4.78. The van der Waals surface area contributed by atoms with Gasteiger partial charge in [0.1, 0.15) is 18.0 Å². The number of nitrogens with zero attached hydrogens (tertiary/aromatic N) is 2. The fourth-order valence-corrected chi connectivity index (χ4v) is 2.01. The molecule has 1 fully saturated rings. The lowest BCUT2D eigenvalue weighted by Gasteiger charge is -2.09. The summed E-state index contributed by atoms with van der Waals surface area (Å²) in [7, 11) is 2.49. The molecule has 10 heteroatoms. The zero-order valence-corrected chi connectivity index (χ0v) is 12.8. The first-order chi connectivity index (χ1) is 11.4. The molecule has 0 radical (unpaired) electrons. The topological polar surface area (TPSA) is 128 Å². The van der Waals surface area contributed by atoms with Crippen LogP contribution in [-0.2, 0) is 14.3 Å². The van der Waals surface area contributed by atoms with Gasteiger partial charge in [0.2, 0.25) is 0 Å². The van der Waals surface area contributed by atoms with Crippen molar-refractivity contribution in [3.63, 3.8) is 0 Å². The molecule has 0 bridgehead atoms. The summed E-state index contributed by atoms with van der Waals surface area (Å²) in [6.45, 7) is -0.537. The molecular formula is C14H13N3O7. The Labute approximate surface area is 135 Å². The van der Waals surface area contributed by atoms with Crippen LogP contribution in [0.3, 0.4) is 0 Å². The van der Waals surface area contributed by atoms with Crippen molar-refractivity contribution in [3.05, 3.63) is 39.6 Å². The number of carbonyl (C=O) groups excluding carboxylic acids is 3. The molecule has 1 aromatic carbocycles. The first-order valence-electron chi connectivity index (χ1n) is 6.61. The van der Waals surface area contributed by atoms with E-state index in [1.54, 1.807) is 0 Å². The molecule has 1 aliphatic rings. The number of imide groups is 1. The second kappa shape index (κ2) is 6.77. The number of amides is 3. The van der Waals surface area contributed by atoms with Crippen LogP contribution in [0.5, 0.6) is 5.75 Å². The molecule has 3 amide bonds. The largest absolute Gasteiger partial charge is 0.496 e. The Morgan fingerprint density at radius 1 is 1.38 bits per heavy atom. The molecule has 2 rings (SSSR count). The molecule has 0 aromatic heterocycles. The van der Waals surface area contributed by atoms with E-state index in [1.165, 1.54) is 31.4 Å². The first-order valence-corrected chi connectivity index (χ1v) is 6.61. The summed E-state index contributed by atoms with van der Waals surface area (Å²) < 4.78 is 9.50. The van der Waals surface area contributed by atoms with Crippen LogP contribution in [0.25, 0.3) is 6.08 Å². The fourth-order valence-electron chi connectivity index (χ4n) is 2.01. The van der Waals surface area contributed by atoms with Crippen molar-refractivity contribution in [2.45, 2.75) is 0 Å². The number of esters is 1. The Balaban J connectivity index is 2.36. The SMILES string of the molecule is COC(=O)CN1C(=O)NC(=Cc2cc([N+](=O)[O-])ccc2OC)C1=O. The van der Waals surface area contributed by atoms with Gasteiger partial charge in [0.25, 0.3) is 11.6 Å². The van der Waals surface area contributed by atoms with Gasteiger partial charge in [0.05, 0.1) is 19.1 Å². The van der Waals surface area contributed by atoms with Gasteiger partial charge in [-0.1, -0.05) is 0 Å². The number of rotatable bonds is 5. The van der Waals surface area contributed by atoms with Crippen molar-refractivity contribution in [3.8, 4) is 5.75 Å². The van der Waals surface area contributed by atoms with Crippen LogP contribution in [0, 0.1) is 10.1 Å². The Hall–Kier alpha value is -3.43. The van der Waals surface area contributed by atoms with E-state index in [-0.39, 0.29) is 22.7 Å². The molecule has 1 saturated heterocycles. The number of non-ortho nitro benzene ring substituents is 1. The molecule has 1 aliphatic heterocycles. The number of nitro benzene ring substituents is 1. The highest BCUT2D eigenvalue weighted by molar-refractivity contribution is 6.15. The zero-order chi connectivity index (χ0) is 17.9. The lowest BCUT2D eigenvalue weighted by Crippen LogP contribution is -2.36. The van der Waals surface area contributed by atoms with E-state index in [4.69, 9.17) is 4.74 Å². The number of benzene rings is 1. The van der Waals surface area contributed by atoms with Gasteiger partial charge >= 0.3 is 12.0 Å². The number of hydrogen-bond donors (Lipinski definition) is 1. The minimum Gasteiger partial charge on any atom is -0.496 e. The molecule has 10 nitrogen and oxygen atoms in total. The van der Waals surface area contributed by atoms with Crippen molar-refractivity contribution in [1.82, 2.24) is 10.2 Å². The molecular weight excluding hydrogens is 322 g/mol. The van der Waals surface area contributed by atoms with E-state index >= 15 is 0 Å². The maximum Gasteiger partial charge on any atom is 0.329 e. The van der Waals surface area contributed by atoms with Crippen LogP contribution in [0.15, 0.2) is 23.9 Å². The Morgan fingerprint density at radius 3 is 2.67 bits per heavy atom. The van der Waals surface area contributed by atoms with Crippen molar-refractivity contribution in [1.29, 1.82) is 0 Å². The lowest BCUT2D eigenvalue weighted by molar-refractivity contribution is -0.384. The predicted molar refractivity (Wildman–Crippen MR) is 79.9 cm³/mol. The Bertz CT molecular complexity index is 757. The molecule has 1 heterocycles. The van der Waals surface area contributed by atoms with Crippen LogP contribution >= 0.6 is 0 Å². The van der Waals surface area contributed by atoms with Gasteiger partial charge in [0, 0.05) is 17.7 Å². The number of carbonyl (C=O) groups is 3. The number of urea groups is 1. The highest BCUT2D eigenvalue weighted by Crippen LogP contribution is 2.27. The van der Waals surface area contributed by atoms with Crippen LogP contribution in [0.4, 0.5) is 10.5 Å². The van der Waals surface area contributed by atoms with E-state index in [0.29, 0.717) is 4.90 Å². The van der Waals surface area contributed by atoms with Crippen molar-refractivity contribution in [2.24, 2.45) is 0 Å². The molecule has 0 saturated carbocycles. The maximum absolute atomic E-state index is 12.2. The monoisotopic (exact) mass is 335 g/mol. The van der Waals surface area contributed by atoms with Crippen LogP contribution in [0.1, 0.15) is 5.56 Å². The van der Waals surface area contributed by atoms with Gasteiger partial charge in [-0.3, -0.25) is 19.7 Å². The number of methoxy groups -OCH3 is 2. The molecule has 24 heavy (non-hydrogen) atoms. The molecule has 1 N–H and O–H groups in total. The summed E-state index contributed by atoms with van der Waals surface area (Å²) in [6.07, 6.45) is 1.24. The van der Waals surface area contributed by atoms with E-state index in [0.717, 1.165) is 7.11 Å². The summed E-state index contributed by atoms with van der Waals surface area (Å²) in [5.41, 5.74) is -0.108.